The van der Waals surface area contributed by atoms with E-state index >= 15 is 0 Å². The Morgan fingerprint density at radius 1 is 0.857 bits per heavy atom. The van der Waals surface area contributed by atoms with Gasteiger partial charge in [-0.25, -0.2) is 4.79 Å². The second-order valence-corrected chi connectivity index (χ2v) is 11.4. The van der Waals surface area contributed by atoms with E-state index < -0.39 is 12.1 Å². The molecule has 0 aromatic heterocycles. The molecule has 1 aliphatic rings. The van der Waals surface area contributed by atoms with Crippen molar-refractivity contribution in [3.8, 4) is 5.75 Å². The molecule has 1 N–H and O–H groups in total. The van der Waals surface area contributed by atoms with Crippen LogP contribution in [0, 0.1) is 6.92 Å². The van der Waals surface area contributed by atoms with Gasteiger partial charge >= 0.3 is 5.97 Å². The second-order valence-electron chi connectivity index (χ2n) is 11.4. The summed E-state index contributed by atoms with van der Waals surface area (Å²) < 4.78 is 11.2. The Hall–Kier alpha value is -3.93. The summed E-state index contributed by atoms with van der Waals surface area (Å²) in [6.07, 6.45) is 3.65. The highest BCUT2D eigenvalue weighted by Gasteiger charge is 2.27. The highest BCUT2D eigenvalue weighted by atomic mass is 16.5. The number of ether oxygens (including phenoxy) is 2. The van der Waals surface area contributed by atoms with E-state index in [9.17, 15) is 9.90 Å². The van der Waals surface area contributed by atoms with Crippen molar-refractivity contribution in [2.45, 2.75) is 51.2 Å². The number of carboxylic acid groups (broad SMARTS) is 1. The number of carbonyl (C=O) groups is 1. The summed E-state index contributed by atoms with van der Waals surface area (Å²) in [6.45, 7) is 3.49. The average molecular weight is 564 g/mol. The highest BCUT2D eigenvalue weighted by Crippen LogP contribution is 2.37. The van der Waals surface area contributed by atoms with Crippen molar-refractivity contribution in [2.24, 2.45) is 0 Å². The molecule has 4 aromatic carbocycles. The van der Waals surface area contributed by atoms with Gasteiger partial charge in [0, 0.05) is 20.1 Å². The zero-order valence-electron chi connectivity index (χ0n) is 24.9. The van der Waals surface area contributed by atoms with E-state index in [2.05, 4.69) is 85.6 Å². The quantitative estimate of drug-likeness (QED) is 0.210. The highest BCUT2D eigenvalue weighted by molar-refractivity contribution is 5.72. The molecule has 0 spiro atoms. The molecule has 0 heterocycles. The number of methoxy groups -OCH3 is 1. The Morgan fingerprint density at radius 2 is 1.57 bits per heavy atom. The third-order valence-corrected chi connectivity index (χ3v) is 8.36. The molecule has 0 aliphatic heterocycles. The monoisotopic (exact) mass is 563 g/mol. The molecule has 5 nitrogen and oxygen atoms in total. The lowest BCUT2D eigenvalue weighted by Crippen LogP contribution is -2.30. The summed E-state index contributed by atoms with van der Waals surface area (Å²) in [5.74, 6) is -0.182. The Morgan fingerprint density at radius 3 is 2.31 bits per heavy atom. The third-order valence-electron chi connectivity index (χ3n) is 8.36. The molecule has 1 aliphatic carbocycles. The number of nitrogens with zero attached hydrogens (tertiary/aromatic N) is 1. The van der Waals surface area contributed by atoms with Crippen LogP contribution < -0.4 is 4.74 Å². The van der Waals surface area contributed by atoms with Crippen LogP contribution in [0.5, 0.6) is 5.75 Å². The lowest BCUT2D eigenvalue weighted by atomic mass is 9.91. The first-order valence-electron chi connectivity index (χ1n) is 14.8. The Kier molecular flexibility index (Phi) is 9.73. The summed E-state index contributed by atoms with van der Waals surface area (Å²) >= 11 is 0. The SMILES string of the molecule is COC(Cc1ccc(OCCN(C)C2c3ccc(CCc4ccccc4)cc3CCc3ccc(C)cc32)cc1)C(=O)O. The van der Waals surface area contributed by atoms with Crippen molar-refractivity contribution in [3.05, 3.63) is 136 Å². The normalized spacial score (nSPS) is 15.0. The predicted octanol–water partition coefficient (Wildman–Crippen LogP) is 6.62. The van der Waals surface area contributed by atoms with E-state index in [1.807, 2.05) is 24.3 Å². The molecule has 4 aromatic rings. The Balaban J connectivity index is 1.29. The van der Waals surface area contributed by atoms with Crippen LogP contribution in [-0.2, 0) is 41.6 Å². The van der Waals surface area contributed by atoms with Gasteiger partial charge in [-0.05, 0) is 90.7 Å². The number of benzene rings is 4. The molecule has 5 heteroatoms. The van der Waals surface area contributed by atoms with Crippen LogP contribution >= 0.6 is 0 Å². The number of hydrogen-bond acceptors (Lipinski definition) is 4. The smallest absolute Gasteiger partial charge is 0.333 e. The first kappa shape index (κ1) is 29.6. The van der Waals surface area contributed by atoms with Crippen LogP contribution in [0.4, 0.5) is 0 Å². The minimum absolute atomic E-state index is 0.161. The van der Waals surface area contributed by atoms with Crippen LogP contribution in [0.3, 0.4) is 0 Å². The molecule has 0 radical (unpaired) electrons. The van der Waals surface area contributed by atoms with Gasteiger partial charge in [0.05, 0.1) is 6.04 Å². The van der Waals surface area contributed by atoms with E-state index in [0.717, 1.165) is 43.5 Å². The van der Waals surface area contributed by atoms with Crippen molar-refractivity contribution >= 4 is 5.97 Å². The van der Waals surface area contributed by atoms with Crippen molar-refractivity contribution < 1.29 is 19.4 Å². The average Bonchev–Trinajstić information content (AvgIpc) is 3.16. The minimum Gasteiger partial charge on any atom is -0.492 e. The lowest BCUT2D eigenvalue weighted by Gasteiger charge is -2.31. The number of carboxylic acids is 1. The largest absolute Gasteiger partial charge is 0.492 e. The maximum Gasteiger partial charge on any atom is 0.333 e. The van der Waals surface area contributed by atoms with Gasteiger partial charge < -0.3 is 14.6 Å². The molecule has 0 fully saturated rings. The van der Waals surface area contributed by atoms with Gasteiger partial charge in [-0.1, -0.05) is 84.4 Å². The molecule has 218 valence electrons. The molecule has 2 atom stereocenters. The van der Waals surface area contributed by atoms with Crippen molar-refractivity contribution in [3.63, 3.8) is 0 Å². The summed E-state index contributed by atoms with van der Waals surface area (Å²) in [5, 5.41) is 9.25. The van der Waals surface area contributed by atoms with Crippen LogP contribution in [0.15, 0.2) is 91.0 Å². The van der Waals surface area contributed by atoms with Crippen LogP contribution in [0.1, 0.15) is 50.5 Å². The van der Waals surface area contributed by atoms with Crippen molar-refractivity contribution in [2.75, 3.05) is 27.3 Å². The molecule has 0 amide bonds. The number of fused-ring (bicyclic) bond motifs is 2. The molecular formula is C37H41NO4. The fourth-order valence-electron chi connectivity index (χ4n) is 5.98. The molecule has 0 bridgehead atoms. The van der Waals surface area contributed by atoms with Crippen LogP contribution in [-0.4, -0.2) is 49.4 Å². The first-order chi connectivity index (χ1) is 20.4. The van der Waals surface area contributed by atoms with Gasteiger partial charge in [-0.15, -0.1) is 0 Å². The maximum atomic E-state index is 11.3. The van der Waals surface area contributed by atoms with Crippen molar-refractivity contribution in [1.82, 2.24) is 4.90 Å². The van der Waals surface area contributed by atoms with E-state index in [0.29, 0.717) is 13.0 Å². The van der Waals surface area contributed by atoms with Gasteiger partial charge in [0.25, 0.3) is 0 Å². The third kappa shape index (κ3) is 7.28. The van der Waals surface area contributed by atoms with Gasteiger partial charge in [-0.3, -0.25) is 4.90 Å². The molecule has 42 heavy (non-hydrogen) atoms. The number of aryl methyl sites for hydroxylation is 5. The van der Waals surface area contributed by atoms with E-state index in [-0.39, 0.29) is 6.04 Å². The topological polar surface area (TPSA) is 59.0 Å². The van der Waals surface area contributed by atoms with Gasteiger partial charge in [0.1, 0.15) is 12.4 Å². The molecule has 0 saturated carbocycles. The molecule has 5 rings (SSSR count). The predicted molar refractivity (Wildman–Crippen MR) is 167 cm³/mol. The summed E-state index contributed by atoms with van der Waals surface area (Å²) in [5.41, 5.74) is 10.6. The molecule has 2 unspecified atom stereocenters. The summed E-state index contributed by atoms with van der Waals surface area (Å²) in [6, 6.07) is 32.5. The zero-order valence-corrected chi connectivity index (χ0v) is 24.9. The first-order valence-corrected chi connectivity index (χ1v) is 14.8. The van der Waals surface area contributed by atoms with Crippen LogP contribution in [0.2, 0.25) is 0 Å². The Bertz CT molecular complexity index is 1480. The number of likely N-dealkylation sites (N-methyl/N-ethyl adjacent to an activating group) is 1. The van der Waals surface area contributed by atoms with E-state index in [1.54, 1.807) is 0 Å². The fraction of sp³-hybridized carbons (Fsp3) is 0.324. The second kappa shape index (κ2) is 13.8. The van der Waals surface area contributed by atoms with E-state index in [1.165, 1.54) is 46.1 Å². The minimum atomic E-state index is -0.957. The zero-order chi connectivity index (χ0) is 29.5. The van der Waals surface area contributed by atoms with E-state index in [4.69, 9.17) is 9.47 Å². The van der Waals surface area contributed by atoms with Gasteiger partial charge in [0.15, 0.2) is 6.10 Å². The summed E-state index contributed by atoms with van der Waals surface area (Å²) in [7, 11) is 3.61. The lowest BCUT2D eigenvalue weighted by molar-refractivity contribution is -0.148. The van der Waals surface area contributed by atoms with Gasteiger partial charge in [-0.2, -0.15) is 0 Å². The summed E-state index contributed by atoms with van der Waals surface area (Å²) in [4.78, 5) is 13.7. The maximum absolute atomic E-state index is 11.3. The number of aliphatic carboxylic acids is 1. The van der Waals surface area contributed by atoms with Crippen LogP contribution in [0.25, 0.3) is 0 Å². The number of hydrogen-bond donors (Lipinski definition) is 1. The Labute approximate surface area is 249 Å². The standard InChI is InChI=1S/C37H41NO4/c1-26-9-15-30-16-17-31-24-28(11-10-27-7-5-4-6-8-27)14-20-33(31)36(34(30)23-26)38(2)21-22-42-32-18-12-29(13-19-32)25-35(41-3)37(39)40/h4-9,12-15,18-20,23-24,35-36H,10-11,16-17,21-22,25H2,1-3H3,(H,39,40). The molecule has 0 saturated heterocycles. The number of rotatable bonds is 12. The van der Waals surface area contributed by atoms with Crippen molar-refractivity contribution in [1.29, 1.82) is 0 Å². The molecular weight excluding hydrogens is 522 g/mol. The fourth-order valence-corrected chi connectivity index (χ4v) is 5.98. The van der Waals surface area contributed by atoms with Gasteiger partial charge in [0.2, 0.25) is 0 Å².